The van der Waals surface area contributed by atoms with Crippen LogP contribution >= 0.6 is 11.6 Å². The summed E-state index contributed by atoms with van der Waals surface area (Å²) in [6, 6.07) is 16.7. The molecule has 31 heavy (non-hydrogen) atoms. The summed E-state index contributed by atoms with van der Waals surface area (Å²) in [7, 11) is 0.130. The third-order valence-electron chi connectivity index (χ3n) is 4.40. The van der Waals surface area contributed by atoms with Crippen molar-refractivity contribution in [1.29, 1.82) is 0 Å². The van der Waals surface area contributed by atoms with Crippen molar-refractivity contribution in [2.24, 2.45) is 0 Å². The number of hydrogen-bond donors (Lipinski definition) is 0. The van der Waals surface area contributed by atoms with E-state index in [1.54, 1.807) is 35.9 Å². The number of methoxy groups -OCH3 is 1. The summed E-state index contributed by atoms with van der Waals surface area (Å²) in [6.45, 7) is 4.41. The Kier molecular flexibility index (Phi) is 7.92. The van der Waals surface area contributed by atoms with Gasteiger partial charge in [-0.05, 0) is 47.3 Å². The topological polar surface area (TPSA) is 68.2 Å². The Morgan fingerprint density at radius 3 is 2.45 bits per heavy atom. The van der Waals surface area contributed by atoms with Crippen LogP contribution in [0.5, 0.6) is 5.75 Å². The standard InChI is InChI=1S/C21H17ClN4O2S.C2H6/c1-28-17-4-2-15(3-5-17)13-26(20-9-10-23-14-25-20)29(27)18-6-7-19-16(12-18)8-11-24-21(19)22;1-2/h2-12,14H,13H2,1H3;1-2H3. The first-order valence-electron chi connectivity index (χ1n) is 9.78. The Bertz CT molecular complexity index is 1160. The molecule has 2 heterocycles. The van der Waals surface area contributed by atoms with Gasteiger partial charge in [0.15, 0.2) is 11.0 Å². The Balaban J connectivity index is 0.00000132. The van der Waals surface area contributed by atoms with E-state index in [1.165, 1.54) is 6.33 Å². The Morgan fingerprint density at radius 1 is 1.00 bits per heavy atom. The van der Waals surface area contributed by atoms with Crippen molar-refractivity contribution in [3.63, 3.8) is 0 Å². The molecule has 160 valence electrons. The lowest BCUT2D eigenvalue weighted by Crippen LogP contribution is -2.26. The average molecular weight is 455 g/mol. The van der Waals surface area contributed by atoms with Crippen LogP contribution < -0.4 is 9.04 Å². The number of benzene rings is 2. The number of anilines is 1. The summed E-state index contributed by atoms with van der Waals surface area (Å²) in [5, 5.41) is 2.12. The highest BCUT2D eigenvalue weighted by molar-refractivity contribution is 7.86. The van der Waals surface area contributed by atoms with Crippen molar-refractivity contribution in [3.05, 3.63) is 84.0 Å². The summed E-state index contributed by atoms with van der Waals surface area (Å²) in [4.78, 5) is 13.0. The Morgan fingerprint density at radius 2 is 1.77 bits per heavy atom. The Hall–Kier alpha value is -3.03. The molecule has 4 rings (SSSR count). The number of hydrogen-bond acceptors (Lipinski definition) is 5. The van der Waals surface area contributed by atoms with E-state index in [2.05, 4.69) is 15.0 Å². The van der Waals surface area contributed by atoms with Crippen LogP contribution in [0.2, 0.25) is 5.15 Å². The predicted molar refractivity (Wildman–Crippen MR) is 126 cm³/mol. The fourth-order valence-electron chi connectivity index (χ4n) is 2.91. The van der Waals surface area contributed by atoms with Gasteiger partial charge >= 0.3 is 0 Å². The summed E-state index contributed by atoms with van der Waals surface area (Å²) < 4.78 is 20.5. The van der Waals surface area contributed by atoms with Crippen molar-refractivity contribution in [2.45, 2.75) is 25.3 Å². The van der Waals surface area contributed by atoms with E-state index in [4.69, 9.17) is 16.3 Å². The second-order valence-corrected chi connectivity index (χ2v) is 7.95. The minimum atomic E-state index is -1.49. The van der Waals surface area contributed by atoms with E-state index in [1.807, 2.05) is 56.3 Å². The highest BCUT2D eigenvalue weighted by Gasteiger charge is 2.19. The molecule has 0 N–H and O–H groups in total. The molecule has 0 aliphatic rings. The van der Waals surface area contributed by atoms with Crippen molar-refractivity contribution in [3.8, 4) is 5.75 Å². The van der Waals surface area contributed by atoms with Gasteiger partial charge in [0, 0.05) is 17.8 Å². The van der Waals surface area contributed by atoms with Crippen molar-refractivity contribution >= 4 is 39.2 Å². The van der Waals surface area contributed by atoms with Gasteiger partial charge in [0.25, 0.3) is 0 Å². The summed E-state index contributed by atoms with van der Waals surface area (Å²) >= 11 is 6.15. The number of halogens is 1. The van der Waals surface area contributed by atoms with E-state index >= 15 is 0 Å². The maximum atomic E-state index is 13.5. The third-order valence-corrected chi connectivity index (χ3v) is 6.07. The zero-order valence-electron chi connectivity index (χ0n) is 17.5. The normalized spacial score (nSPS) is 11.4. The SMILES string of the molecule is CC.COc1ccc(CN(c2ccncn2)S(=O)c2ccc3c(Cl)nccc3c2)cc1. The van der Waals surface area contributed by atoms with E-state index in [0.717, 1.165) is 22.1 Å². The number of pyridine rings is 1. The fourth-order valence-corrected chi connectivity index (χ4v) is 4.35. The first-order valence-corrected chi connectivity index (χ1v) is 11.3. The smallest absolute Gasteiger partial charge is 0.154 e. The number of aromatic nitrogens is 3. The first-order chi connectivity index (χ1) is 15.2. The highest BCUT2D eigenvalue weighted by atomic mass is 35.5. The van der Waals surface area contributed by atoms with Crippen LogP contribution in [0.15, 0.2) is 78.2 Å². The molecule has 2 aromatic carbocycles. The van der Waals surface area contributed by atoms with Crippen LogP contribution in [0.3, 0.4) is 0 Å². The molecule has 6 nitrogen and oxygen atoms in total. The number of nitrogens with zero attached hydrogens (tertiary/aromatic N) is 4. The van der Waals surface area contributed by atoms with Crippen LogP contribution in [0.4, 0.5) is 5.82 Å². The van der Waals surface area contributed by atoms with Gasteiger partial charge in [-0.3, -0.25) is 4.31 Å². The Labute approximate surface area is 189 Å². The largest absolute Gasteiger partial charge is 0.497 e. The average Bonchev–Trinajstić information content (AvgIpc) is 2.84. The molecule has 0 fully saturated rings. The van der Waals surface area contributed by atoms with Gasteiger partial charge in [0.2, 0.25) is 0 Å². The molecule has 1 atom stereocenters. The van der Waals surface area contributed by atoms with Crippen LogP contribution in [0, 0.1) is 0 Å². The molecule has 4 aromatic rings. The molecule has 0 spiro atoms. The molecular formula is C23H23ClN4O2S. The third kappa shape index (κ3) is 5.37. The second-order valence-electron chi connectivity index (χ2n) is 6.19. The number of rotatable bonds is 6. The number of ether oxygens (including phenoxy) is 1. The molecule has 0 saturated heterocycles. The van der Waals surface area contributed by atoms with Crippen LogP contribution in [-0.2, 0) is 17.5 Å². The summed E-state index contributed by atoms with van der Waals surface area (Å²) in [6.07, 6.45) is 4.71. The van der Waals surface area contributed by atoms with Crippen LogP contribution in [0.25, 0.3) is 10.8 Å². The van der Waals surface area contributed by atoms with E-state index in [0.29, 0.717) is 22.4 Å². The minimum Gasteiger partial charge on any atom is -0.497 e. The molecule has 1 unspecified atom stereocenters. The molecule has 2 aromatic heterocycles. The zero-order chi connectivity index (χ0) is 22.2. The van der Waals surface area contributed by atoms with Gasteiger partial charge in [-0.15, -0.1) is 0 Å². The van der Waals surface area contributed by atoms with E-state index in [-0.39, 0.29) is 0 Å². The minimum absolute atomic E-state index is 0.406. The van der Waals surface area contributed by atoms with Crippen LogP contribution in [-0.4, -0.2) is 26.3 Å². The fraction of sp³-hybridized carbons (Fsp3) is 0.174. The monoisotopic (exact) mass is 454 g/mol. The molecule has 0 bridgehead atoms. The maximum Gasteiger partial charge on any atom is 0.154 e. The zero-order valence-corrected chi connectivity index (χ0v) is 19.1. The predicted octanol–water partition coefficient (Wildman–Crippen LogP) is 5.44. The molecular weight excluding hydrogens is 432 g/mol. The van der Waals surface area contributed by atoms with Gasteiger partial charge in [-0.25, -0.2) is 19.2 Å². The quantitative estimate of drug-likeness (QED) is 0.363. The van der Waals surface area contributed by atoms with Crippen molar-refractivity contribution in [1.82, 2.24) is 15.0 Å². The number of fused-ring (bicyclic) bond motifs is 1. The summed E-state index contributed by atoms with van der Waals surface area (Å²) in [5.74, 6) is 1.34. The lowest BCUT2D eigenvalue weighted by Gasteiger charge is -2.22. The molecule has 0 amide bonds. The van der Waals surface area contributed by atoms with Gasteiger partial charge in [-0.2, -0.15) is 0 Å². The van der Waals surface area contributed by atoms with E-state index < -0.39 is 11.0 Å². The van der Waals surface area contributed by atoms with Gasteiger partial charge in [-0.1, -0.05) is 43.6 Å². The van der Waals surface area contributed by atoms with Gasteiger partial charge < -0.3 is 4.74 Å². The van der Waals surface area contributed by atoms with Gasteiger partial charge in [0.05, 0.1) is 18.6 Å². The lowest BCUT2D eigenvalue weighted by molar-refractivity contribution is 0.414. The van der Waals surface area contributed by atoms with Crippen molar-refractivity contribution in [2.75, 3.05) is 11.4 Å². The summed E-state index contributed by atoms with van der Waals surface area (Å²) in [5.41, 5.74) is 0.978. The first kappa shape index (κ1) is 22.7. The molecule has 0 saturated carbocycles. The molecule has 8 heteroatoms. The van der Waals surface area contributed by atoms with Gasteiger partial charge in [0.1, 0.15) is 23.0 Å². The molecule has 0 aliphatic heterocycles. The molecule has 0 aliphatic carbocycles. The lowest BCUT2D eigenvalue weighted by atomic mass is 10.2. The van der Waals surface area contributed by atoms with Crippen molar-refractivity contribution < 1.29 is 8.95 Å². The maximum absolute atomic E-state index is 13.5. The molecule has 0 radical (unpaired) electrons. The highest BCUT2D eigenvalue weighted by Crippen LogP contribution is 2.26. The van der Waals surface area contributed by atoms with Crippen LogP contribution in [0.1, 0.15) is 19.4 Å². The van der Waals surface area contributed by atoms with E-state index in [9.17, 15) is 4.21 Å². The second kappa shape index (κ2) is 10.8.